The summed E-state index contributed by atoms with van der Waals surface area (Å²) < 4.78 is 7.75. The Balaban J connectivity index is 1.07. The molecule has 0 fully saturated rings. The van der Waals surface area contributed by atoms with E-state index in [1.165, 1.54) is 61.7 Å². The molecular formula is C42H38N4S4+2. The van der Waals surface area contributed by atoms with Gasteiger partial charge < -0.3 is 9.80 Å². The minimum absolute atomic E-state index is 1.00. The van der Waals surface area contributed by atoms with Crippen LogP contribution >= 0.6 is 46.2 Å². The molecule has 0 bridgehead atoms. The summed E-state index contributed by atoms with van der Waals surface area (Å²) in [6.45, 7) is 4.00. The maximum atomic E-state index is 2.53. The number of benzene rings is 4. The smallest absolute Gasteiger partial charge is 0.262 e. The fourth-order valence-corrected chi connectivity index (χ4v) is 11.5. The van der Waals surface area contributed by atoms with Crippen molar-refractivity contribution in [2.45, 2.75) is 48.6 Å². The normalized spacial score (nSPS) is 20.2. The molecular weight excluding hydrogens is 689 g/mol. The van der Waals surface area contributed by atoms with Crippen molar-refractivity contribution < 1.29 is 9.13 Å². The highest BCUT2D eigenvalue weighted by Gasteiger charge is 2.27. The van der Waals surface area contributed by atoms with Crippen LogP contribution in [0.15, 0.2) is 141 Å². The zero-order valence-corrected chi connectivity index (χ0v) is 31.0. The van der Waals surface area contributed by atoms with E-state index in [9.17, 15) is 0 Å². The van der Waals surface area contributed by atoms with E-state index in [0.717, 1.165) is 51.9 Å². The van der Waals surface area contributed by atoms with Crippen LogP contribution in [0.1, 0.15) is 35.7 Å². The maximum Gasteiger partial charge on any atom is 0.262 e. The number of rotatable bonds is 0. The maximum absolute atomic E-state index is 2.53. The summed E-state index contributed by atoms with van der Waals surface area (Å²) in [6, 6.07) is 35.4. The molecule has 0 atom stereocenters. The van der Waals surface area contributed by atoms with Crippen LogP contribution in [-0.2, 0) is 13.1 Å². The van der Waals surface area contributed by atoms with Gasteiger partial charge in [0.2, 0.25) is 11.0 Å². The van der Waals surface area contributed by atoms with Gasteiger partial charge in [0.15, 0.2) is 13.1 Å². The van der Waals surface area contributed by atoms with Gasteiger partial charge in [-0.15, -0.1) is 0 Å². The molecule has 2 aromatic heterocycles. The molecule has 0 aliphatic carbocycles. The highest BCUT2D eigenvalue weighted by molar-refractivity contribution is 8.04. The molecule has 0 saturated heterocycles. The van der Waals surface area contributed by atoms with Crippen LogP contribution in [0.25, 0.3) is 32.6 Å². The number of nitrogens with zero attached hydrogens (tertiary/aromatic N) is 4. The van der Waals surface area contributed by atoms with Crippen molar-refractivity contribution >= 4 is 90.2 Å². The molecule has 8 heteroatoms. The predicted molar refractivity (Wildman–Crippen MR) is 216 cm³/mol. The summed E-state index contributed by atoms with van der Waals surface area (Å²) in [5, 5.41) is 5.23. The second kappa shape index (κ2) is 14.3. The van der Waals surface area contributed by atoms with Crippen LogP contribution in [0.2, 0.25) is 0 Å². The third-order valence-electron chi connectivity index (χ3n) is 9.53. The van der Waals surface area contributed by atoms with Crippen molar-refractivity contribution in [3.63, 3.8) is 0 Å². The van der Waals surface area contributed by atoms with Crippen molar-refractivity contribution in [3.05, 3.63) is 141 Å². The summed E-state index contributed by atoms with van der Waals surface area (Å²) in [7, 11) is 0. The van der Waals surface area contributed by atoms with Crippen LogP contribution in [0.4, 0.5) is 11.4 Å². The number of anilines is 2. The number of para-hydroxylation sites is 4. The lowest BCUT2D eigenvalue weighted by atomic mass is 10.2. The highest BCUT2D eigenvalue weighted by Crippen LogP contribution is 2.47. The van der Waals surface area contributed by atoms with Gasteiger partial charge in [0.25, 0.3) is 10.0 Å². The van der Waals surface area contributed by atoms with Crippen LogP contribution < -0.4 is 18.9 Å². The van der Waals surface area contributed by atoms with E-state index in [1.54, 1.807) is 0 Å². The van der Waals surface area contributed by atoms with Gasteiger partial charge in [-0.2, -0.15) is 9.13 Å². The molecule has 0 spiro atoms. The van der Waals surface area contributed by atoms with Crippen LogP contribution in [0.5, 0.6) is 0 Å². The number of fused-ring (bicyclic) bond motifs is 12. The minimum Gasteiger partial charge on any atom is -0.335 e. The van der Waals surface area contributed by atoms with Gasteiger partial charge in [-0.05, 0) is 61.4 Å². The van der Waals surface area contributed by atoms with Crippen molar-refractivity contribution in [1.29, 1.82) is 0 Å². The van der Waals surface area contributed by atoms with E-state index in [1.807, 2.05) is 46.2 Å². The standard InChI is InChI=1S/C42H38N4S4/c1-5-19-35-31(15-1)43-27-9-10-28-44-32-16-2-6-20-36(32)49-41(44)25-14-26-42-46(34-18-4-8-22-38(34)50-42)30-12-11-29-45-33-17-3-7-21-37(33)48-40(45)24-13-23-39(43)47-35/h1-8,13-26H,9-12,27-30H2/q+2. The topological polar surface area (TPSA) is 14.2 Å². The van der Waals surface area contributed by atoms with Gasteiger partial charge in [-0.25, -0.2) is 0 Å². The largest absolute Gasteiger partial charge is 0.335 e. The van der Waals surface area contributed by atoms with Gasteiger partial charge in [-0.3, -0.25) is 0 Å². The van der Waals surface area contributed by atoms with Gasteiger partial charge >= 0.3 is 0 Å². The molecule has 5 heterocycles. The first-order chi connectivity index (χ1) is 24.8. The molecule has 6 aromatic rings. The Hall–Kier alpha value is -4.08. The fourth-order valence-electron chi connectivity index (χ4n) is 7.14. The summed E-state index contributed by atoms with van der Waals surface area (Å²) in [5.74, 6) is 0. The second-order valence-electron chi connectivity index (χ2n) is 12.7. The molecule has 3 aliphatic heterocycles. The van der Waals surface area contributed by atoms with E-state index < -0.39 is 0 Å². The molecule has 0 N–H and O–H groups in total. The second-order valence-corrected chi connectivity index (χ2v) is 17.0. The molecule has 0 unspecified atom stereocenters. The molecule has 4 aromatic carbocycles. The molecule has 248 valence electrons. The number of hydrogen-bond acceptors (Lipinski definition) is 6. The zero-order valence-electron chi connectivity index (χ0n) is 27.8. The Labute approximate surface area is 310 Å². The first-order valence-corrected chi connectivity index (χ1v) is 20.8. The van der Waals surface area contributed by atoms with E-state index in [2.05, 4.69) is 152 Å². The van der Waals surface area contributed by atoms with Crippen LogP contribution in [-0.4, -0.2) is 13.1 Å². The van der Waals surface area contributed by atoms with Crippen molar-refractivity contribution in [3.8, 4) is 0 Å². The number of aromatic nitrogens is 2. The third-order valence-corrected chi connectivity index (χ3v) is 14.1. The van der Waals surface area contributed by atoms with Crippen LogP contribution in [0.3, 0.4) is 0 Å². The summed E-state index contributed by atoms with van der Waals surface area (Å²) in [4.78, 5) is 7.75. The average Bonchev–Trinajstić information content (AvgIpc) is 3.89. The van der Waals surface area contributed by atoms with Gasteiger partial charge in [0.1, 0.15) is 9.40 Å². The molecule has 0 saturated carbocycles. The van der Waals surface area contributed by atoms with Gasteiger partial charge in [0.05, 0.1) is 21.4 Å². The fraction of sp³-hybridized carbons (Fsp3) is 0.190. The van der Waals surface area contributed by atoms with E-state index in [0.29, 0.717) is 0 Å². The summed E-state index contributed by atoms with van der Waals surface area (Å²) >= 11 is 7.57. The first-order valence-electron chi connectivity index (χ1n) is 17.5. The average molecular weight is 727 g/mol. The lowest BCUT2D eigenvalue weighted by Crippen LogP contribution is -2.35. The SMILES string of the molecule is C1=C2\Sc3ccccc3N2CCCC[n+]2c(sc3ccccc32)/C=C/C=C2\Sc3ccccc3N2CCCC[n+]2c(sc3ccccc32)/C=C/1. The molecule has 0 radical (unpaired) electrons. The Morgan fingerprint density at radius 1 is 0.480 bits per heavy atom. The molecule has 9 rings (SSSR count). The van der Waals surface area contributed by atoms with Crippen molar-refractivity contribution in [2.24, 2.45) is 0 Å². The number of hydrogen-bond donors (Lipinski definition) is 0. The molecule has 0 amide bonds. The lowest BCUT2D eigenvalue weighted by molar-refractivity contribution is -0.669. The van der Waals surface area contributed by atoms with Crippen molar-refractivity contribution in [2.75, 3.05) is 22.9 Å². The van der Waals surface area contributed by atoms with Crippen molar-refractivity contribution in [1.82, 2.24) is 0 Å². The number of aryl methyl sites for hydroxylation is 2. The minimum atomic E-state index is 1.00. The number of allylic oxidation sites excluding steroid dienone is 4. The first kappa shape index (κ1) is 31.9. The lowest BCUT2D eigenvalue weighted by Gasteiger charge is -2.20. The molecule has 50 heavy (non-hydrogen) atoms. The predicted octanol–water partition coefficient (Wildman–Crippen LogP) is 10.9. The summed E-state index contributed by atoms with van der Waals surface area (Å²) in [6.07, 6.45) is 18.3. The zero-order chi connectivity index (χ0) is 33.3. The number of thioether (sulfide) groups is 2. The Morgan fingerprint density at radius 3 is 1.42 bits per heavy atom. The van der Waals surface area contributed by atoms with E-state index in [-0.39, 0.29) is 0 Å². The van der Waals surface area contributed by atoms with Gasteiger partial charge in [-0.1, -0.05) is 107 Å². The Kier molecular flexibility index (Phi) is 9.10. The highest BCUT2D eigenvalue weighted by atomic mass is 32.2. The number of thiazole rings is 2. The Morgan fingerprint density at radius 2 is 0.920 bits per heavy atom. The molecule has 4 nitrogen and oxygen atoms in total. The van der Waals surface area contributed by atoms with Gasteiger partial charge in [0, 0.05) is 60.0 Å². The quantitative estimate of drug-likeness (QED) is 0.145. The Bertz CT molecular complexity index is 2160. The third kappa shape index (κ3) is 6.23. The van der Waals surface area contributed by atoms with E-state index >= 15 is 0 Å². The van der Waals surface area contributed by atoms with E-state index in [4.69, 9.17) is 0 Å². The van der Waals surface area contributed by atoms with Crippen LogP contribution in [0, 0.1) is 0 Å². The summed E-state index contributed by atoms with van der Waals surface area (Å²) in [5.41, 5.74) is 5.31. The molecule has 3 aliphatic rings. The monoisotopic (exact) mass is 726 g/mol.